The minimum atomic E-state index is -0.196. The molecule has 1 N–H and O–H groups in total. The van der Waals surface area contributed by atoms with Gasteiger partial charge in [0.1, 0.15) is 11.6 Å². The zero-order valence-electron chi connectivity index (χ0n) is 9.31. The van der Waals surface area contributed by atoms with Crippen LogP contribution < -0.4 is 5.32 Å². The van der Waals surface area contributed by atoms with Crippen LogP contribution in [0.5, 0.6) is 0 Å². The zero-order valence-corrected chi connectivity index (χ0v) is 9.31. The van der Waals surface area contributed by atoms with E-state index >= 15 is 0 Å². The lowest BCUT2D eigenvalue weighted by Crippen LogP contribution is -2.09. The van der Waals surface area contributed by atoms with Crippen molar-refractivity contribution in [3.05, 3.63) is 47.9 Å². The van der Waals surface area contributed by atoms with Gasteiger partial charge in [-0.25, -0.2) is 4.39 Å². The Balaban J connectivity index is 2.14. The van der Waals surface area contributed by atoms with Crippen LogP contribution in [0.4, 0.5) is 10.2 Å². The molecule has 1 aromatic heterocycles. The molecule has 0 amide bonds. The van der Waals surface area contributed by atoms with Crippen molar-refractivity contribution in [2.75, 3.05) is 5.32 Å². The fourth-order valence-electron chi connectivity index (χ4n) is 1.62. The summed E-state index contributed by atoms with van der Waals surface area (Å²) in [5, 5.41) is 7.34. The van der Waals surface area contributed by atoms with Crippen molar-refractivity contribution < 1.29 is 4.39 Å². The molecular formula is C12H14FN3. The Morgan fingerprint density at radius 3 is 2.69 bits per heavy atom. The van der Waals surface area contributed by atoms with Gasteiger partial charge in [-0.15, -0.1) is 0 Å². The number of aryl methyl sites for hydroxylation is 1. The van der Waals surface area contributed by atoms with Gasteiger partial charge in [-0.05, 0) is 13.0 Å². The van der Waals surface area contributed by atoms with Crippen LogP contribution in [-0.2, 0) is 7.05 Å². The van der Waals surface area contributed by atoms with Crippen LogP contribution >= 0.6 is 0 Å². The van der Waals surface area contributed by atoms with Gasteiger partial charge in [0.15, 0.2) is 0 Å². The maximum atomic E-state index is 13.5. The topological polar surface area (TPSA) is 29.9 Å². The molecule has 2 rings (SSSR count). The third-order valence-corrected chi connectivity index (χ3v) is 2.45. The monoisotopic (exact) mass is 219 g/mol. The van der Waals surface area contributed by atoms with Crippen LogP contribution in [0.1, 0.15) is 18.5 Å². The summed E-state index contributed by atoms with van der Waals surface area (Å²) in [6, 6.07) is 8.51. The fourth-order valence-corrected chi connectivity index (χ4v) is 1.62. The first-order valence-electron chi connectivity index (χ1n) is 5.17. The quantitative estimate of drug-likeness (QED) is 0.860. The Kier molecular flexibility index (Phi) is 2.90. The van der Waals surface area contributed by atoms with Gasteiger partial charge < -0.3 is 5.32 Å². The third-order valence-electron chi connectivity index (χ3n) is 2.45. The van der Waals surface area contributed by atoms with Gasteiger partial charge in [0.2, 0.25) is 0 Å². The predicted octanol–water partition coefficient (Wildman–Crippen LogP) is 2.73. The molecule has 1 atom stereocenters. The largest absolute Gasteiger partial charge is 0.362 e. The number of rotatable bonds is 3. The number of nitrogens with zero attached hydrogens (tertiary/aromatic N) is 2. The van der Waals surface area contributed by atoms with E-state index in [1.165, 1.54) is 6.07 Å². The van der Waals surface area contributed by atoms with Crippen molar-refractivity contribution in [1.29, 1.82) is 0 Å². The predicted molar refractivity (Wildman–Crippen MR) is 61.6 cm³/mol. The Bertz CT molecular complexity index is 479. The van der Waals surface area contributed by atoms with Crippen molar-refractivity contribution >= 4 is 5.82 Å². The smallest absolute Gasteiger partial charge is 0.148 e. The number of aromatic nitrogens is 2. The van der Waals surface area contributed by atoms with Gasteiger partial charge in [-0.1, -0.05) is 18.2 Å². The second kappa shape index (κ2) is 4.35. The number of anilines is 1. The maximum Gasteiger partial charge on any atom is 0.148 e. The molecule has 0 fully saturated rings. The first-order chi connectivity index (χ1) is 7.66. The van der Waals surface area contributed by atoms with Crippen LogP contribution in [0.2, 0.25) is 0 Å². The molecule has 0 radical (unpaired) electrons. The lowest BCUT2D eigenvalue weighted by Gasteiger charge is -2.14. The van der Waals surface area contributed by atoms with Crippen LogP contribution in [0.3, 0.4) is 0 Å². The molecule has 84 valence electrons. The lowest BCUT2D eigenvalue weighted by molar-refractivity contribution is 0.599. The van der Waals surface area contributed by atoms with Gasteiger partial charge in [0.25, 0.3) is 0 Å². The molecular weight excluding hydrogens is 205 g/mol. The Hall–Kier alpha value is -1.84. The molecule has 0 spiro atoms. The van der Waals surface area contributed by atoms with Crippen molar-refractivity contribution in [1.82, 2.24) is 9.78 Å². The summed E-state index contributed by atoms with van der Waals surface area (Å²) in [5.41, 5.74) is 0.646. The molecule has 3 nitrogen and oxygen atoms in total. The van der Waals surface area contributed by atoms with Crippen LogP contribution in [-0.4, -0.2) is 9.78 Å². The summed E-state index contributed by atoms with van der Waals surface area (Å²) in [6.45, 7) is 1.91. The fraction of sp³-hybridized carbons (Fsp3) is 0.250. The molecule has 2 aromatic rings. The second-order valence-corrected chi connectivity index (χ2v) is 3.76. The minimum absolute atomic E-state index is 0.101. The Morgan fingerprint density at radius 2 is 2.06 bits per heavy atom. The van der Waals surface area contributed by atoms with Crippen LogP contribution in [0.25, 0.3) is 0 Å². The summed E-state index contributed by atoms with van der Waals surface area (Å²) in [6.07, 6.45) is 1.84. The first kappa shape index (κ1) is 10.7. The number of benzene rings is 1. The molecule has 0 bridgehead atoms. The summed E-state index contributed by atoms with van der Waals surface area (Å²) in [7, 11) is 1.85. The average Bonchev–Trinajstić information content (AvgIpc) is 2.64. The van der Waals surface area contributed by atoms with Crippen molar-refractivity contribution in [2.45, 2.75) is 13.0 Å². The van der Waals surface area contributed by atoms with E-state index in [1.807, 2.05) is 32.3 Å². The molecule has 0 saturated carbocycles. The highest BCUT2D eigenvalue weighted by atomic mass is 19.1. The molecule has 4 heteroatoms. The molecule has 0 saturated heterocycles. The van der Waals surface area contributed by atoms with E-state index < -0.39 is 0 Å². The highest BCUT2D eigenvalue weighted by molar-refractivity contribution is 5.37. The Morgan fingerprint density at radius 1 is 1.31 bits per heavy atom. The highest BCUT2D eigenvalue weighted by Gasteiger charge is 2.10. The van der Waals surface area contributed by atoms with Gasteiger partial charge >= 0.3 is 0 Å². The number of halogens is 1. The normalized spacial score (nSPS) is 12.4. The molecule has 16 heavy (non-hydrogen) atoms. The third kappa shape index (κ3) is 2.21. The zero-order chi connectivity index (χ0) is 11.5. The minimum Gasteiger partial charge on any atom is -0.362 e. The van der Waals surface area contributed by atoms with Gasteiger partial charge in [0.05, 0.1) is 6.04 Å². The van der Waals surface area contributed by atoms with E-state index in [0.717, 1.165) is 5.82 Å². The summed E-state index contributed by atoms with van der Waals surface area (Å²) < 4.78 is 15.2. The summed E-state index contributed by atoms with van der Waals surface area (Å²) >= 11 is 0. The molecule has 0 aliphatic rings. The van der Waals surface area contributed by atoms with Gasteiger partial charge in [-0.2, -0.15) is 5.10 Å². The van der Waals surface area contributed by atoms with E-state index in [1.54, 1.807) is 16.8 Å². The van der Waals surface area contributed by atoms with E-state index in [4.69, 9.17) is 0 Å². The second-order valence-electron chi connectivity index (χ2n) is 3.76. The summed E-state index contributed by atoms with van der Waals surface area (Å²) in [5.74, 6) is 0.552. The van der Waals surface area contributed by atoms with Crippen LogP contribution in [0.15, 0.2) is 36.5 Å². The molecule has 1 heterocycles. The van der Waals surface area contributed by atoms with Gasteiger partial charge in [-0.3, -0.25) is 4.68 Å². The van der Waals surface area contributed by atoms with Crippen molar-refractivity contribution in [3.8, 4) is 0 Å². The SMILES string of the molecule is CC(Nc1ccn(C)n1)c1ccccc1F. The van der Waals surface area contributed by atoms with Crippen molar-refractivity contribution in [3.63, 3.8) is 0 Å². The summed E-state index contributed by atoms with van der Waals surface area (Å²) in [4.78, 5) is 0. The first-order valence-corrected chi connectivity index (χ1v) is 5.17. The highest BCUT2D eigenvalue weighted by Crippen LogP contribution is 2.20. The standard InChI is InChI=1S/C12H14FN3/c1-9(10-5-3-4-6-11(10)13)14-12-7-8-16(2)15-12/h3-9H,1-2H3,(H,14,15). The van der Waals surface area contributed by atoms with E-state index in [9.17, 15) is 4.39 Å². The molecule has 1 unspecified atom stereocenters. The van der Waals surface area contributed by atoms with E-state index in [0.29, 0.717) is 5.56 Å². The molecule has 1 aromatic carbocycles. The van der Waals surface area contributed by atoms with Crippen molar-refractivity contribution in [2.24, 2.45) is 7.05 Å². The number of hydrogen-bond acceptors (Lipinski definition) is 2. The molecule has 0 aliphatic carbocycles. The number of nitrogens with one attached hydrogen (secondary N) is 1. The molecule has 0 aliphatic heterocycles. The maximum absolute atomic E-state index is 13.5. The van der Waals surface area contributed by atoms with E-state index in [2.05, 4.69) is 10.4 Å². The van der Waals surface area contributed by atoms with Crippen LogP contribution in [0, 0.1) is 5.82 Å². The van der Waals surface area contributed by atoms with Gasteiger partial charge in [0, 0.05) is 24.9 Å². The number of hydrogen-bond donors (Lipinski definition) is 1. The Labute approximate surface area is 93.9 Å². The lowest BCUT2D eigenvalue weighted by atomic mass is 10.1. The average molecular weight is 219 g/mol. The van der Waals surface area contributed by atoms with E-state index in [-0.39, 0.29) is 11.9 Å².